The summed E-state index contributed by atoms with van der Waals surface area (Å²) in [4.78, 5) is 0. The lowest BCUT2D eigenvalue weighted by Gasteiger charge is -2.40. The highest BCUT2D eigenvalue weighted by Crippen LogP contribution is 2.33. The minimum Gasteiger partial charge on any atom is -0.437 e. The van der Waals surface area contributed by atoms with Gasteiger partial charge in [-0.05, 0) is 83.5 Å². The summed E-state index contributed by atoms with van der Waals surface area (Å²) in [6.07, 6.45) is 2.39. The molecule has 2 N–H and O–H groups in total. The van der Waals surface area contributed by atoms with Crippen LogP contribution in [0.4, 0.5) is 0 Å². The van der Waals surface area contributed by atoms with Gasteiger partial charge < -0.3 is 18.4 Å². The van der Waals surface area contributed by atoms with Crippen molar-refractivity contribution >= 4 is 25.2 Å². The summed E-state index contributed by atoms with van der Waals surface area (Å²) in [7, 11) is -5.43. The molecule has 0 amide bonds. The van der Waals surface area contributed by atoms with E-state index >= 15 is 0 Å². The highest BCUT2D eigenvalue weighted by molar-refractivity contribution is 6.87. The van der Waals surface area contributed by atoms with Crippen LogP contribution in [0, 0.1) is 5.92 Å². The molecular formula is C15H36O4Si3. The van der Waals surface area contributed by atoms with Gasteiger partial charge in [0.1, 0.15) is 0 Å². The Labute approximate surface area is 139 Å². The molecule has 1 fully saturated rings. The molecule has 7 heteroatoms. The molecule has 0 aromatic carbocycles. The first-order valence-electron chi connectivity index (χ1n) is 8.56. The molecule has 1 saturated carbocycles. The van der Waals surface area contributed by atoms with Crippen LogP contribution in [-0.4, -0.2) is 47.6 Å². The largest absolute Gasteiger partial charge is 0.437 e. The van der Waals surface area contributed by atoms with Gasteiger partial charge in [0.05, 0.1) is 12.2 Å². The summed E-state index contributed by atoms with van der Waals surface area (Å²) < 4.78 is 13.0. The van der Waals surface area contributed by atoms with Crippen LogP contribution in [0.3, 0.4) is 0 Å². The Hall–Kier alpha value is 0.491. The van der Waals surface area contributed by atoms with Crippen molar-refractivity contribution in [2.75, 3.05) is 0 Å². The molecule has 3 atom stereocenters. The number of rotatable bonds is 7. The Morgan fingerprint density at radius 3 is 1.73 bits per heavy atom. The van der Waals surface area contributed by atoms with Crippen molar-refractivity contribution in [3.05, 3.63) is 0 Å². The molecule has 1 aliphatic carbocycles. The van der Waals surface area contributed by atoms with Crippen molar-refractivity contribution in [1.82, 2.24) is 0 Å². The Morgan fingerprint density at radius 2 is 1.32 bits per heavy atom. The molecule has 0 heterocycles. The average molecular weight is 365 g/mol. The van der Waals surface area contributed by atoms with Gasteiger partial charge in [-0.25, -0.2) is 0 Å². The Morgan fingerprint density at radius 1 is 0.818 bits per heavy atom. The van der Waals surface area contributed by atoms with Crippen LogP contribution >= 0.6 is 0 Å². The van der Waals surface area contributed by atoms with E-state index < -0.39 is 37.4 Å². The highest BCUT2D eigenvalue weighted by Gasteiger charge is 2.41. The zero-order valence-corrected chi connectivity index (χ0v) is 18.5. The predicted octanol–water partition coefficient (Wildman–Crippen LogP) is 3.67. The summed E-state index contributed by atoms with van der Waals surface area (Å²) in [5, 5.41) is 19.5. The van der Waals surface area contributed by atoms with E-state index in [-0.39, 0.29) is 0 Å². The molecule has 3 unspecified atom stereocenters. The second kappa shape index (κ2) is 7.59. The number of aliphatic hydroxyl groups is 2. The van der Waals surface area contributed by atoms with E-state index in [2.05, 4.69) is 45.8 Å². The maximum Gasteiger partial charge on any atom is 0.314 e. The molecule has 1 rings (SSSR count). The fourth-order valence-electron chi connectivity index (χ4n) is 3.36. The van der Waals surface area contributed by atoms with Crippen molar-refractivity contribution in [3.8, 4) is 0 Å². The van der Waals surface area contributed by atoms with Gasteiger partial charge in [-0.2, -0.15) is 0 Å². The van der Waals surface area contributed by atoms with Crippen LogP contribution in [-0.2, 0) is 8.23 Å². The third-order valence-electron chi connectivity index (χ3n) is 3.94. The lowest BCUT2D eigenvalue weighted by atomic mass is 9.84. The van der Waals surface area contributed by atoms with Gasteiger partial charge in [-0.3, -0.25) is 0 Å². The van der Waals surface area contributed by atoms with E-state index in [0.717, 1.165) is 18.9 Å². The molecule has 0 bridgehead atoms. The van der Waals surface area contributed by atoms with Gasteiger partial charge in [0.2, 0.25) is 0 Å². The topological polar surface area (TPSA) is 58.9 Å². The van der Waals surface area contributed by atoms with E-state index in [1.807, 2.05) is 0 Å². The maximum absolute atomic E-state index is 9.86. The maximum atomic E-state index is 9.86. The van der Waals surface area contributed by atoms with E-state index in [0.29, 0.717) is 18.8 Å². The first kappa shape index (κ1) is 20.5. The summed E-state index contributed by atoms with van der Waals surface area (Å²) >= 11 is 0. The van der Waals surface area contributed by atoms with Crippen molar-refractivity contribution in [3.63, 3.8) is 0 Å². The molecule has 132 valence electrons. The molecule has 22 heavy (non-hydrogen) atoms. The molecule has 0 aromatic heterocycles. The van der Waals surface area contributed by atoms with E-state index in [1.54, 1.807) is 0 Å². The molecule has 4 nitrogen and oxygen atoms in total. The van der Waals surface area contributed by atoms with Gasteiger partial charge in [-0.15, -0.1) is 0 Å². The first-order chi connectivity index (χ1) is 9.80. The minimum atomic E-state index is -2.16. The molecule has 0 aliphatic heterocycles. The van der Waals surface area contributed by atoms with Gasteiger partial charge in [-0.1, -0.05) is 0 Å². The second-order valence-corrected chi connectivity index (χ2v) is 21.8. The fourth-order valence-corrected chi connectivity index (χ4v) is 16.0. The number of hydrogen-bond acceptors (Lipinski definition) is 4. The summed E-state index contributed by atoms with van der Waals surface area (Å²) in [5.41, 5.74) is 0. The molecular weight excluding hydrogens is 328 g/mol. The number of aliphatic hydroxyl groups excluding tert-OH is 2. The summed E-state index contributed by atoms with van der Waals surface area (Å²) in [5.74, 6) is 0.487. The third kappa shape index (κ3) is 7.85. The number of hydrogen-bond donors (Lipinski definition) is 2. The van der Waals surface area contributed by atoms with Crippen LogP contribution < -0.4 is 0 Å². The standard InChI is InChI=1S/C15H36O4Si3/c1-20(2,3)18-22(7,19-21(4,5)6)11-10-13-8-9-14(16)15(17)12-13/h13-17H,8-12H2,1-7H3. The zero-order chi connectivity index (χ0) is 17.2. The van der Waals surface area contributed by atoms with Gasteiger partial charge >= 0.3 is 8.56 Å². The lowest BCUT2D eigenvalue weighted by Crippen LogP contribution is -2.52. The Balaban J connectivity index is 2.65. The molecule has 0 spiro atoms. The Kier molecular flexibility index (Phi) is 7.08. The molecule has 0 aromatic rings. The van der Waals surface area contributed by atoms with Gasteiger partial charge in [0.25, 0.3) is 0 Å². The summed E-state index contributed by atoms with van der Waals surface area (Å²) in [6, 6.07) is 0.995. The normalized spacial score (nSPS) is 28.0. The monoisotopic (exact) mass is 364 g/mol. The van der Waals surface area contributed by atoms with Crippen LogP contribution in [0.25, 0.3) is 0 Å². The smallest absolute Gasteiger partial charge is 0.314 e. The van der Waals surface area contributed by atoms with Crippen molar-refractivity contribution in [2.24, 2.45) is 5.92 Å². The Bertz CT molecular complexity index is 336. The van der Waals surface area contributed by atoms with E-state index in [1.165, 1.54) is 0 Å². The highest BCUT2D eigenvalue weighted by atomic mass is 28.5. The predicted molar refractivity (Wildman–Crippen MR) is 99.3 cm³/mol. The van der Waals surface area contributed by atoms with Gasteiger partial charge in [0, 0.05) is 0 Å². The quantitative estimate of drug-likeness (QED) is 0.677. The zero-order valence-electron chi connectivity index (χ0n) is 15.5. The van der Waals surface area contributed by atoms with E-state index in [9.17, 15) is 10.2 Å². The molecule has 0 radical (unpaired) electrons. The van der Waals surface area contributed by atoms with E-state index in [4.69, 9.17) is 8.23 Å². The third-order valence-corrected chi connectivity index (χ3v) is 13.5. The minimum absolute atomic E-state index is 0.487. The molecule has 1 aliphatic rings. The van der Waals surface area contributed by atoms with Crippen molar-refractivity contribution in [2.45, 2.75) is 89.8 Å². The van der Waals surface area contributed by atoms with Crippen LogP contribution in [0.1, 0.15) is 25.7 Å². The molecule has 0 saturated heterocycles. The second-order valence-electron chi connectivity index (χ2n) is 8.92. The van der Waals surface area contributed by atoms with Crippen molar-refractivity contribution < 1.29 is 18.4 Å². The SMILES string of the molecule is C[Si](C)(C)O[Si](C)(CCC1CCC(O)C(O)C1)O[Si](C)(C)C. The van der Waals surface area contributed by atoms with Crippen LogP contribution in [0.5, 0.6) is 0 Å². The fraction of sp³-hybridized carbons (Fsp3) is 1.00. The summed E-state index contributed by atoms with van der Waals surface area (Å²) in [6.45, 7) is 15.6. The lowest BCUT2D eigenvalue weighted by molar-refractivity contribution is -0.0259. The average Bonchev–Trinajstić information content (AvgIpc) is 2.26. The first-order valence-corrected chi connectivity index (χ1v) is 17.9. The van der Waals surface area contributed by atoms with Crippen LogP contribution in [0.15, 0.2) is 0 Å². The van der Waals surface area contributed by atoms with Crippen LogP contribution in [0.2, 0.25) is 51.9 Å². The van der Waals surface area contributed by atoms with Crippen molar-refractivity contribution in [1.29, 1.82) is 0 Å². The van der Waals surface area contributed by atoms with Gasteiger partial charge in [0.15, 0.2) is 16.6 Å².